The number of hydrogen-bond donors (Lipinski definition) is 0. The molecule has 0 radical (unpaired) electrons. The third-order valence-corrected chi connectivity index (χ3v) is 4.73. The third kappa shape index (κ3) is 6.89. The molecule has 2 atom stereocenters. The van der Waals surface area contributed by atoms with E-state index in [2.05, 4.69) is 6.92 Å². The lowest BCUT2D eigenvalue weighted by Gasteiger charge is -2.27. The predicted octanol–water partition coefficient (Wildman–Crippen LogP) is 4.94. The number of carbonyl (C=O) groups is 2. The molecule has 1 aliphatic rings. The molecule has 5 nitrogen and oxygen atoms in total. The van der Waals surface area contributed by atoms with Crippen molar-refractivity contribution < 1.29 is 19.1 Å². The van der Waals surface area contributed by atoms with Crippen molar-refractivity contribution in [1.29, 1.82) is 0 Å². The van der Waals surface area contributed by atoms with Crippen molar-refractivity contribution in [2.24, 2.45) is 5.92 Å². The Kier molecular flexibility index (Phi) is 7.69. The number of amides is 1. The molecular formula is C22H33NO4. The average molecular weight is 376 g/mol. The van der Waals surface area contributed by atoms with Crippen LogP contribution < -0.4 is 0 Å². The van der Waals surface area contributed by atoms with Crippen LogP contribution in [-0.2, 0) is 20.9 Å². The van der Waals surface area contributed by atoms with Gasteiger partial charge < -0.3 is 9.47 Å². The van der Waals surface area contributed by atoms with E-state index >= 15 is 0 Å². The Morgan fingerprint density at radius 1 is 1.15 bits per heavy atom. The third-order valence-electron chi connectivity index (χ3n) is 4.73. The molecule has 2 rings (SSSR count). The Labute approximate surface area is 163 Å². The van der Waals surface area contributed by atoms with Gasteiger partial charge in [-0.15, -0.1) is 0 Å². The lowest BCUT2D eigenvalue weighted by Crippen LogP contribution is -2.44. The standard InChI is InChI=1S/C22H33NO4/c1-5-6-8-13-18-14-19(23(15-18)21(25)27-22(2,3)4)20(24)26-16-17-11-9-7-10-12-17/h7,9-12,18-19H,5-6,8,13-16H2,1-4H3/t18-,19+/m1/s1. The van der Waals surface area contributed by atoms with Gasteiger partial charge in [0.05, 0.1) is 0 Å². The summed E-state index contributed by atoms with van der Waals surface area (Å²) in [6.07, 6.45) is 4.69. The van der Waals surface area contributed by atoms with Crippen molar-refractivity contribution in [2.45, 2.75) is 78.0 Å². The number of benzene rings is 1. The molecule has 1 heterocycles. The molecular weight excluding hydrogens is 342 g/mol. The Balaban J connectivity index is 2.01. The molecule has 1 aliphatic heterocycles. The van der Waals surface area contributed by atoms with Crippen LogP contribution in [-0.4, -0.2) is 35.2 Å². The molecule has 0 aromatic heterocycles. The number of unbranched alkanes of at least 4 members (excludes halogenated alkanes) is 2. The lowest BCUT2D eigenvalue weighted by atomic mass is 9.98. The van der Waals surface area contributed by atoms with Crippen molar-refractivity contribution in [1.82, 2.24) is 4.90 Å². The molecule has 0 N–H and O–H groups in total. The van der Waals surface area contributed by atoms with E-state index in [0.29, 0.717) is 18.9 Å². The van der Waals surface area contributed by atoms with Crippen LogP contribution >= 0.6 is 0 Å². The van der Waals surface area contributed by atoms with E-state index in [1.807, 2.05) is 51.1 Å². The highest BCUT2D eigenvalue weighted by Gasteiger charge is 2.42. The summed E-state index contributed by atoms with van der Waals surface area (Å²) in [5, 5.41) is 0. The fourth-order valence-corrected chi connectivity index (χ4v) is 3.39. The minimum atomic E-state index is -0.587. The Hall–Kier alpha value is -2.04. The Morgan fingerprint density at radius 2 is 1.85 bits per heavy atom. The molecule has 5 heteroatoms. The van der Waals surface area contributed by atoms with Crippen LogP contribution in [0, 0.1) is 5.92 Å². The second-order valence-electron chi connectivity index (χ2n) is 8.34. The number of rotatable bonds is 7. The second-order valence-corrected chi connectivity index (χ2v) is 8.34. The zero-order valence-corrected chi connectivity index (χ0v) is 17.1. The molecule has 1 amide bonds. The molecule has 0 bridgehead atoms. The molecule has 150 valence electrons. The van der Waals surface area contributed by atoms with Gasteiger partial charge in [0.2, 0.25) is 0 Å². The van der Waals surface area contributed by atoms with Gasteiger partial charge in [-0.05, 0) is 45.1 Å². The predicted molar refractivity (Wildman–Crippen MR) is 105 cm³/mol. The molecule has 0 saturated carbocycles. The number of carbonyl (C=O) groups excluding carboxylic acids is 2. The summed E-state index contributed by atoms with van der Waals surface area (Å²) in [6.45, 7) is 8.46. The van der Waals surface area contributed by atoms with Gasteiger partial charge in [0.15, 0.2) is 0 Å². The fourth-order valence-electron chi connectivity index (χ4n) is 3.39. The highest BCUT2D eigenvalue weighted by Crippen LogP contribution is 2.30. The molecule has 1 aromatic carbocycles. The maximum Gasteiger partial charge on any atom is 0.411 e. The molecule has 0 unspecified atom stereocenters. The second kappa shape index (κ2) is 9.77. The van der Waals surface area contributed by atoms with Crippen molar-refractivity contribution in [3.8, 4) is 0 Å². The fraction of sp³-hybridized carbons (Fsp3) is 0.636. The van der Waals surface area contributed by atoms with Gasteiger partial charge in [-0.2, -0.15) is 0 Å². The first-order valence-electron chi connectivity index (χ1n) is 10.0. The van der Waals surface area contributed by atoms with E-state index in [4.69, 9.17) is 9.47 Å². The maximum absolute atomic E-state index is 12.7. The van der Waals surface area contributed by atoms with Gasteiger partial charge in [-0.25, -0.2) is 9.59 Å². The number of nitrogens with zero attached hydrogens (tertiary/aromatic N) is 1. The topological polar surface area (TPSA) is 55.8 Å². The Morgan fingerprint density at radius 3 is 2.48 bits per heavy atom. The minimum Gasteiger partial charge on any atom is -0.459 e. The summed E-state index contributed by atoms with van der Waals surface area (Å²) in [5.74, 6) is -0.0268. The maximum atomic E-state index is 12.7. The van der Waals surface area contributed by atoms with E-state index in [1.165, 1.54) is 6.42 Å². The summed E-state index contributed by atoms with van der Waals surface area (Å²) in [6, 6.07) is 9.02. The average Bonchev–Trinajstić information content (AvgIpc) is 3.04. The van der Waals surface area contributed by atoms with Gasteiger partial charge in [-0.3, -0.25) is 4.90 Å². The minimum absolute atomic E-state index is 0.221. The van der Waals surface area contributed by atoms with Crippen LogP contribution in [0.25, 0.3) is 0 Å². The van der Waals surface area contributed by atoms with Gasteiger partial charge >= 0.3 is 12.1 Å². The normalized spacial score (nSPS) is 19.8. The molecule has 0 aliphatic carbocycles. The molecule has 1 aromatic rings. The SMILES string of the molecule is CCCCC[C@@H]1C[C@@H](C(=O)OCc2ccccc2)N(C(=O)OC(C)(C)C)C1. The summed E-state index contributed by atoms with van der Waals surface area (Å²) < 4.78 is 11.0. The molecule has 1 fully saturated rings. The van der Waals surface area contributed by atoms with Crippen molar-refractivity contribution in [2.75, 3.05) is 6.54 Å². The van der Waals surface area contributed by atoms with Gasteiger partial charge in [-0.1, -0.05) is 56.5 Å². The lowest BCUT2D eigenvalue weighted by molar-refractivity contribution is -0.150. The first kappa shape index (κ1) is 21.3. The van der Waals surface area contributed by atoms with Crippen molar-refractivity contribution in [3.63, 3.8) is 0 Å². The smallest absolute Gasteiger partial charge is 0.411 e. The van der Waals surface area contributed by atoms with Crippen LogP contribution in [0.5, 0.6) is 0 Å². The first-order valence-corrected chi connectivity index (χ1v) is 10.0. The van der Waals surface area contributed by atoms with Gasteiger partial charge in [0, 0.05) is 6.54 Å². The molecule has 0 spiro atoms. The number of likely N-dealkylation sites (tertiary alicyclic amines) is 1. The summed E-state index contributed by atoms with van der Waals surface area (Å²) in [5.41, 5.74) is 0.350. The van der Waals surface area contributed by atoms with Crippen LogP contribution in [0.3, 0.4) is 0 Å². The van der Waals surface area contributed by atoms with Crippen LogP contribution in [0.2, 0.25) is 0 Å². The zero-order chi connectivity index (χ0) is 19.9. The summed E-state index contributed by atoms with van der Waals surface area (Å²) >= 11 is 0. The highest BCUT2D eigenvalue weighted by molar-refractivity contribution is 5.82. The number of hydrogen-bond acceptors (Lipinski definition) is 4. The largest absolute Gasteiger partial charge is 0.459 e. The van der Waals surface area contributed by atoms with Crippen LogP contribution in [0.4, 0.5) is 4.79 Å². The highest BCUT2D eigenvalue weighted by atomic mass is 16.6. The molecule has 27 heavy (non-hydrogen) atoms. The van der Waals surface area contributed by atoms with Gasteiger partial charge in [0.25, 0.3) is 0 Å². The van der Waals surface area contributed by atoms with E-state index in [0.717, 1.165) is 24.8 Å². The van der Waals surface area contributed by atoms with Crippen molar-refractivity contribution >= 4 is 12.1 Å². The van der Waals surface area contributed by atoms with E-state index < -0.39 is 17.7 Å². The van der Waals surface area contributed by atoms with Crippen molar-refractivity contribution in [3.05, 3.63) is 35.9 Å². The number of ether oxygens (including phenoxy) is 2. The van der Waals surface area contributed by atoms with E-state index in [1.54, 1.807) is 4.90 Å². The first-order chi connectivity index (χ1) is 12.8. The molecule has 1 saturated heterocycles. The summed E-state index contributed by atoms with van der Waals surface area (Å²) in [7, 11) is 0. The van der Waals surface area contributed by atoms with Gasteiger partial charge in [0.1, 0.15) is 18.2 Å². The zero-order valence-electron chi connectivity index (χ0n) is 17.1. The van der Waals surface area contributed by atoms with E-state index in [9.17, 15) is 9.59 Å². The number of esters is 1. The van der Waals surface area contributed by atoms with E-state index in [-0.39, 0.29) is 12.6 Å². The summed E-state index contributed by atoms with van der Waals surface area (Å²) in [4.78, 5) is 26.9. The monoisotopic (exact) mass is 375 g/mol. The van der Waals surface area contributed by atoms with Crippen LogP contribution in [0.1, 0.15) is 65.4 Å². The quantitative estimate of drug-likeness (QED) is 0.500. The Bertz CT molecular complexity index is 608. The van der Waals surface area contributed by atoms with Crippen LogP contribution in [0.15, 0.2) is 30.3 Å².